The Morgan fingerprint density at radius 1 is 0.900 bits per heavy atom. The summed E-state index contributed by atoms with van der Waals surface area (Å²) >= 11 is 0. The third-order valence-corrected chi connectivity index (χ3v) is 4.63. The highest BCUT2D eigenvalue weighted by atomic mass is 16.6. The zero-order valence-electron chi connectivity index (χ0n) is 15.5. The molecule has 0 atom stereocenters. The Morgan fingerprint density at radius 2 is 1.57 bits per heavy atom. The normalized spacial score (nSPS) is 12.6. The second kappa shape index (κ2) is 7.59. The summed E-state index contributed by atoms with van der Waals surface area (Å²) in [6.45, 7) is -0.155. The Labute approximate surface area is 170 Å². The zero-order valence-corrected chi connectivity index (χ0v) is 15.5. The maximum absolute atomic E-state index is 12.6. The van der Waals surface area contributed by atoms with Crippen molar-refractivity contribution in [1.29, 1.82) is 0 Å². The van der Waals surface area contributed by atoms with Crippen molar-refractivity contribution in [3.63, 3.8) is 0 Å². The number of ether oxygens (including phenoxy) is 1. The Morgan fingerprint density at radius 3 is 2.23 bits per heavy atom. The molecule has 1 aliphatic rings. The van der Waals surface area contributed by atoms with E-state index in [4.69, 9.17) is 4.74 Å². The molecule has 0 radical (unpaired) electrons. The molecule has 8 heteroatoms. The molecule has 3 aromatic rings. The van der Waals surface area contributed by atoms with Crippen LogP contribution in [0.15, 0.2) is 72.8 Å². The van der Waals surface area contributed by atoms with Crippen LogP contribution in [0.25, 0.3) is 0 Å². The molecule has 1 aliphatic heterocycles. The van der Waals surface area contributed by atoms with Gasteiger partial charge in [0.15, 0.2) is 0 Å². The Bertz CT molecular complexity index is 1170. The average molecular weight is 402 g/mol. The lowest BCUT2D eigenvalue weighted by molar-refractivity contribution is -0.384. The summed E-state index contributed by atoms with van der Waals surface area (Å²) in [7, 11) is 0. The minimum atomic E-state index is -0.681. The number of amides is 2. The largest absolute Gasteiger partial charge is 0.457 e. The average Bonchev–Trinajstić information content (AvgIpc) is 3.02. The number of anilines is 1. The van der Waals surface area contributed by atoms with Crippen molar-refractivity contribution < 1.29 is 24.0 Å². The first-order valence-electron chi connectivity index (χ1n) is 8.94. The number of carbonyl (C=O) groups is 3. The maximum Gasteiger partial charge on any atom is 0.338 e. The Hall–Kier alpha value is -4.33. The van der Waals surface area contributed by atoms with Gasteiger partial charge >= 0.3 is 5.97 Å². The van der Waals surface area contributed by atoms with Crippen molar-refractivity contribution in [2.75, 3.05) is 4.90 Å². The van der Waals surface area contributed by atoms with Crippen LogP contribution in [-0.2, 0) is 11.3 Å². The summed E-state index contributed by atoms with van der Waals surface area (Å²) in [5.41, 5.74) is 1.38. The highest BCUT2D eigenvalue weighted by Gasteiger charge is 2.36. The second-order valence-corrected chi connectivity index (χ2v) is 6.54. The van der Waals surface area contributed by atoms with E-state index in [1.807, 2.05) is 0 Å². The van der Waals surface area contributed by atoms with Crippen LogP contribution in [0.4, 0.5) is 11.4 Å². The molecule has 0 N–H and O–H groups in total. The highest BCUT2D eigenvalue weighted by molar-refractivity contribution is 6.34. The van der Waals surface area contributed by atoms with E-state index in [1.54, 1.807) is 42.5 Å². The lowest BCUT2D eigenvalue weighted by atomic mass is 10.1. The first-order valence-corrected chi connectivity index (χ1v) is 8.94. The fraction of sp³-hybridized carbons (Fsp3) is 0.0455. The van der Waals surface area contributed by atoms with Crippen molar-refractivity contribution in [3.05, 3.63) is 105 Å². The number of esters is 1. The standard InChI is InChI=1S/C22H14N2O6/c25-20-18-9-1-2-10-19(18)21(26)23(20)16-7-4-6-15(12-16)22(27)30-13-14-5-3-8-17(11-14)24(28)29/h1-12H,13H2. The molecule has 0 aromatic heterocycles. The predicted molar refractivity (Wildman–Crippen MR) is 106 cm³/mol. The molecule has 30 heavy (non-hydrogen) atoms. The summed E-state index contributed by atoms with van der Waals surface area (Å²) in [6, 6.07) is 18.3. The van der Waals surface area contributed by atoms with E-state index in [1.165, 1.54) is 30.3 Å². The summed E-state index contributed by atoms with van der Waals surface area (Å²) < 4.78 is 5.23. The fourth-order valence-corrected chi connectivity index (χ4v) is 3.19. The van der Waals surface area contributed by atoms with E-state index in [0.29, 0.717) is 16.7 Å². The van der Waals surface area contributed by atoms with E-state index in [9.17, 15) is 24.5 Å². The first-order chi connectivity index (χ1) is 14.5. The molecule has 0 saturated heterocycles. The third-order valence-electron chi connectivity index (χ3n) is 4.63. The van der Waals surface area contributed by atoms with Crippen LogP contribution in [0.1, 0.15) is 36.6 Å². The van der Waals surface area contributed by atoms with Gasteiger partial charge in [0.1, 0.15) is 6.61 Å². The van der Waals surface area contributed by atoms with Gasteiger partial charge in [-0.2, -0.15) is 0 Å². The number of fused-ring (bicyclic) bond motifs is 1. The Kier molecular flexibility index (Phi) is 4.81. The maximum atomic E-state index is 12.6. The van der Waals surface area contributed by atoms with Crippen molar-refractivity contribution in [2.45, 2.75) is 6.61 Å². The number of non-ortho nitro benzene ring substituents is 1. The van der Waals surface area contributed by atoms with Crippen molar-refractivity contribution in [1.82, 2.24) is 0 Å². The summed E-state index contributed by atoms with van der Waals surface area (Å²) in [4.78, 5) is 49.0. The number of nitro benzene ring substituents is 1. The van der Waals surface area contributed by atoms with Gasteiger partial charge in [0.25, 0.3) is 17.5 Å². The van der Waals surface area contributed by atoms with Gasteiger partial charge in [-0.3, -0.25) is 19.7 Å². The molecule has 4 rings (SSSR count). The van der Waals surface area contributed by atoms with E-state index >= 15 is 0 Å². The SMILES string of the molecule is O=C(OCc1cccc([N+](=O)[O-])c1)c1cccc(N2C(=O)c3ccccc3C2=O)c1. The van der Waals surface area contributed by atoms with Gasteiger partial charge < -0.3 is 4.74 Å². The molecular formula is C22H14N2O6. The number of benzene rings is 3. The molecule has 2 amide bonds. The molecule has 0 unspecified atom stereocenters. The molecule has 0 fully saturated rings. The van der Waals surface area contributed by atoms with Gasteiger partial charge in [0.05, 0.1) is 27.3 Å². The number of rotatable bonds is 5. The molecule has 1 heterocycles. The molecule has 0 bridgehead atoms. The van der Waals surface area contributed by atoms with Gasteiger partial charge in [0, 0.05) is 12.1 Å². The Balaban J connectivity index is 1.52. The highest BCUT2D eigenvalue weighted by Crippen LogP contribution is 2.29. The molecule has 8 nitrogen and oxygen atoms in total. The number of carbonyl (C=O) groups excluding carboxylic acids is 3. The molecular weight excluding hydrogens is 388 g/mol. The van der Waals surface area contributed by atoms with Crippen LogP contribution in [-0.4, -0.2) is 22.7 Å². The number of nitro groups is 1. The fourth-order valence-electron chi connectivity index (χ4n) is 3.19. The smallest absolute Gasteiger partial charge is 0.338 e. The number of nitrogens with zero attached hydrogens (tertiary/aromatic N) is 2. The van der Waals surface area contributed by atoms with Crippen molar-refractivity contribution >= 4 is 29.2 Å². The van der Waals surface area contributed by atoms with E-state index in [2.05, 4.69) is 0 Å². The minimum Gasteiger partial charge on any atom is -0.457 e. The minimum absolute atomic E-state index is 0.101. The van der Waals surface area contributed by atoms with Gasteiger partial charge in [-0.05, 0) is 35.9 Å². The topological polar surface area (TPSA) is 107 Å². The summed E-state index contributed by atoms with van der Waals surface area (Å²) in [5.74, 6) is -1.60. The molecule has 0 aliphatic carbocycles. The van der Waals surface area contributed by atoms with Crippen LogP contribution in [0, 0.1) is 10.1 Å². The number of hydrogen-bond acceptors (Lipinski definition) is 6. The summed E-state index contributed by atoms with van der Waals surface area (Å²) in [6.07, 6.45) is 0. The van der Waals surface area contributed by atoms with Crippen LogP contribution in [0.2, 0.25) is 0 Å². The van der Waals surface area contributed by atoms with Gasteiger partial charge in [-0.15, -0.1) is 0 Å². The van der Waals surface area contributed by atoms with Crippen LogP contribution in [0.3, 0.4) is 0 Å². The first kappa shape index (κ1) is 19.0. The molecule has 3 aromatic carbocycles. The van der Waals surface area contributed by atoms with E-state index in [0.717, 1.165) is 4.90 Å². The predicted octanol–water partition coefficient (Wildman–Crippen LogP) is 3.75. The number of imide groups is 1. The van der Waals surface area contributed by atoms with Crippen LogP contribution >= 0.6 is 0 Å². The monoisotopic (exact) mass is 402 g/mol. The van der Waals surface area contributed by atoms with Gasteiger partial charge in [0.2, 0.25) is 0 Å². The van der Waals surface area contributed by atoms with E-state index in [-0.39, 0.29) is 23.5 Å². The molecule has 0 saturated carbocycles. The van der Waals surface area contributed by atoms with Crippen molar-refractivity contribution in [2.24, 2.45) is 0 Å². The zero-order chi connectivity index (χ0) is 21.3. The lowest BCUT2D eigenvalue weighted by Crippen LogP contribution is -2.29. The third kappa shape index (κ3) is 3.42. The second-order valence-electron chi connectivity index (χ2n) is 6.54. The lowest BCUT2D eigenvalue weighted by Gasteiger charge is -2.15. The molecule has 0 spiro atoms. The quantitative estimate of drug-likeness (QED) is 0.278. The van der Waals surface area contributed by atoms with Crippen molar-refractivity contribution in [3.8, 4) is 0 Å². The van der Waals surface area contributed by atoms with E-state index < -0.39 is 22.7 Å². The number of hydrogen-bond donors (Lipinski definition) is 0. The van der Waals surface area contributed by atoms with Gasteiger partial charge in [-0.25, -0.2) is 9.69 Å². The van der Waals surface area contributed by atoms with Crippen LogP contribution < -0.4 is 4.90 Å². The van der Waals surface area contributed by atoms with Crippen LogP contribution in [0.5, 0.6) is 0 Å². The summed E-state index contributed by atoms with van der Waals surface area (Å²) in [5, 5.41) is 10.8. The molecule has 148 valence electrons. The van der Waals surface area contributed by atoms with Gasteiger partial charge in [-0.1, -0.05) is 30.3 Å².